The molecule has 2 heterocycles. The maximum Gasteiger partial charge on any atom is 0.312 e. The number of carbonyl (C=O) groups is 1. The van der Waals surface area contributed by atoms with Gasteiger partial charge in [0, 0.05) is 24.7 Å². The molecule has 0 aliphatic carbocycles. The lowest BCUT2D eigenvalue weighted by Crippen LogP contribution is -2.31. The van der Waals surface area contributed by atoms with E-state index in [4.69, 9.17) is 4.74 Å². The third-order valence-corrected chi connectivity index (χ3v) is 3.89. The number of fused-ring (bicyclic) bond motifs is 1. The summed E-state index contributed by atoms with van der Waals surface area (Å²) in [5.41, 5.74) is 1.75. The Morgan fingerprint density at radius 2 is 2.05 bits per heavy atom. The van der Waals surface area contributed by atoms with Crippen LogP contribution >= 0.6 is 0 Å². The molecular formula is C16H15NO4. The van der Waals surface area contributed by atoms with E-state index in [1.807, 2.05) is 0 Å². The van der Waals surface area contributed by atoms with Crippen LogP contribution in [0, 0.1) is 6.92 Å². The molecule has 0 unspecified atom stereocenters. The summed E-state index contributed by atoms with van der Waals surface area (Å²) >= 11 is 0. The third-order valence-electron chi connectivity index (χ3n) is 3.89. The zero-order valence-electron chi connectivity index (χ0n) is 11.8. The van der Waals surface area contributed by atoms with Crippen LogP contribution in [0.25, 0.3) is 0 Å². The summed E-state index contributed by atoms with van der Waals surface area (Å²) in [6.45, 7) is 1.79. The summed E-state index contributed by atoms with van der Waals surface area (Å²) in [4.78, 5) is 24.3. The largest absolute Gasteiger partial charge is 0.508 e. The molecular weight excluding hydrogens is 270 g/mol. The molecule has 0 saturated carbocycles. The second-order valence-corrected chi connectivity index (χ2v) is 5.25. The standard InChI is InChI=1S/C16H15NO4/c1-9-6-13-15(16(20)17(9)2)12(8-14(19)21-13)10-4-3-5-11(18)7-10/h3-7,12,18H,8H2,1-2H3/t12-/m1/s1. The van der Waals surface area contributed by atoms with Gasteiger partial charge in [-0.05, 0) is 24.6 Å². The van der Waals surface area contributed by atoms with Gasteiger partial charge in [0.05, 0.1) is 12.0 Å². The van der Waals surface area contributed by atoms with Gasteiger partial charge in [-0.25, -0.2) is 0 Å². The minimum atomic E-state index is -0.396. The fourth-order valence-corrected chi connectivity index (χ4v) is 2.67. The van der Waals surface area contributed by atoms with Gasteiger partial charge < -0.3 is 14.4 Å². The summed E-state index contributed by atoms with van der Waals surface area (Å²) in [7, 11) is 1.69. The number of hydrogen-bond acceptors (Lipinski definition) is 4. The molecule has 1 N–H and O–H groups in total. The molecule has 0 amide bonds. The van der Waals surface area contributed by atoms with E-state index in [0.29, 0.717) is 11.3 Å². The van der Waals surface area contributed by atoms with Crippen LogP contribution in [-0.4, -0.2) is 15.6 Å². The van der Waals surface area contributed by atoms with Crippen molar-refractivity contribution in [2.75, 3.05) is 0 Å². The first kappa shape index (κ1) is 13.4. The van der Waals surface area contributed by atoms with Gasteiger partial charge in [-0.15, -0.1) is 0 Å². The third kappa shape index (κ3) is 2.20. The molecule has 0 saturated heterocycles. The summed E-state index contributed by atoms with van der Waals surface area (Å²) < 4.78 is 6.75. The quantitative estimate of drug-likeness (QED) is 0.812. The van der Waals surface area contributed by atoms with Crippen molar-refractivity contribution >= 4 is 5.97 Å². The van der Waals surface area contributed by atoms with Crippen molar-refractivity contribution in [3.63, 3.8) is 0 Å². The lowest BCUT2D eigenvalue weighted by molar-refractivity contribution is -0.135. The first-order valence-corrected chi connectivity index (χ1v) is 6.67. The van der Waals surface area contributed by atoms with Gasteiger partial charge in [0.2, 0.25) is 0 Å². The van der Waals surface area contributed by atoms with Crippen LogP contribution in [0.15, 0.2) is 35.1 Å². The summed E-state index contributed by atoms with van der Waals surface area (Å²) in [5.74, 6) is -0.340. The van der Waals surface area contributed by atoms with E-state index in [-0.39, 0.29) is 23.7 Å². The van der Waals surface area contributed by atoms with Crippen molar-refractivity contribution in [3.05, 3.63) is 57.5 Å². The Morgan fingerprint density at radius 1 is 1.29 bits per heavy atom. The van der Waals surface area contributed by atoms with E-state index < -0.39 is 5.92 Å². The summed E-state index contributed by atoms with van der Waals surface area (Å²) in [6, 6.07) is 8.32. The monoisotopic (exact) mass is 285 g/mol. The van der Waals surface area contributed by atoms with Crippen LogP contribution in [0.2, 0.25) is 0 Å². The van der Waals surface area contributed by atoms with E-state index >= 15 is 0 Å². The van der Waals surface area contributed by atoms with E-state index in [9.17, 15) is 14.7 Å². The molecule has 0 spiro atoms. The Kier molecular flexibility index (Phi) is 3.05. The van der Waals surface area contributed by atoms with Gasteiger partial charge in [-0.2, -0.15) is 0 Å². The maximum absolute atomic E-state index is 12.5. The minimum Gasteiger partial charge on any atom is -0.508 e. The summed E-state index contributed by atoms with van der Waals surface area (Å²) in [5, 5.41) is 9.63. The van der Waals surface area contributed by atoms with Crippen LogP contribution in [0.4, 0.5) is 0 Å². The SMILES string of the molecule is Cc1cc2c(c(=O)n1C)[C@@H](c1cccc(O)c1)CC(=O)O2. The molecule has 2 aromatic rings. The molecule has 5 heteroatoms. The number of phenolic OH excluding ortho intramolecular Hbond substituents is 1. The zero-order valence-corrected chi connectivity index (χ0v) is 11.8. The van der Waals surface area contributed by atoms with E-state index in [1.165, 1.54) is 4.57 Å². The highest BCUT2D eigenvalue weighted by molar-refractivity contribution is 5.77. The second kappa shape index (κ2) is 4.77. The van der Waals surface area contributed by atoms with Gasteiger partial charge >= 0.3 is 5.97 Å². The Hall–Kier alpha value is -2.56. The maximum atomic E-state index is 12.5. The number of nitrogens with zero attached hydrogens (tertiary/aromatic N) is 1. The lowest BCUT2D eigenvalue weighted by Gasteiger charge is -2.25. The highest BCUT2D eigenvalue weighted by Crippen LogP contribution is 2.37. The molecule has 5 nitrogen and oxygen atoms in total. The molecule has 0 fully saturated rings. The smallest absolute Gasteiger partial charge is 0.312 e. The number of rotatable bonds is 1. The Bertz CT molecular complexity index is 791. The number of esters is 1. The fourth-order valence-electron chi connectivity index (χ4n) is 2.67. The van der Waals surface area contributed by atoms with Crippen molar-refractivity contribution in [2.45, 2.75) is 19.3 Å². The van der Waals surface area contributed by atoms with Crippen molar-refractivity contribution in [2.24, 2.45) is 7.05 Å². The molecule has 0 radical (unpaired) electrons. The Balaban J connectivity index is 2.24. The molecule has 21 heavy (non-hydrogen) atoms. The Labute approximate surface area is 121 Å². The van der Waals surface area contributed by atoms with Crippen LogP contribution < -0.4 is 10.3 Å². The number of aromatic hydroxyl groups is 1. The molecule has 1 aliphatic heterocycles. The highest BCUT2D eigenvalue weighted by Gasteiger charge is 2.32. The van der Waals surface area contributed by atoms with Crippen LogP contribution in [-0.2, 0) is 11.8 Å². The predicted molar refractivity (Wildman–Crippen MR) is 76.6 cm³/mol. The molecule has 1 atom stereocenters. The van der Waals surface area contributed by atoms with Crippen molar-refractivity contribution < 1.29 is 14.6 Å². The number of hydrogen-bond donors (Lipinski definition) is 1. The molecule has 3 rings (SSSR count). The zero-order chi connectivity index (χ0) is 15.1. The molecule has 108 valence electrons. The number of phenols is 1. The molecule has 1 aromatic carbocycles. The molecule has 0 bridgehead atoms. The topological polar surface area (TPSA) is 68.5 Å². The van der Waals surface area contributed by atoms with Crippen molar-refractivity contribution in [3.8, 4) is 11.5 Å². The normalized spacial score (nSPS) is 17.2. The number of carbonyl (C=O) groups excluding carboxylic acids is 1. The van der Waals surface area contributed by atoms with Gasteiger partial charge in [0.25, 0.3) is 5.56 Å². The molecule has 1 aliphatic rings. The Morgan fingerprint density at radius 3 is 2.76 bits per heavy atom. The number of ether oxygens (including phenoxy) is 1. The summed E-state index contributed by atoms with van der Waals surface area (Å²) in [6.07, 6.45) is 0.0920. The number of pyridine rings is 1. The van der Waals surface area contributed by atoms with Gasteiger partial charge in [0.1, 0.15) is 11.5 Å². The van der Waals surface area contributed by atoms with E-state index in [0.717, 1.165) is 11.3 Å². The average molecular weight is 285 g/mol. The van der Waals surface area contributed by atoms with Gasteiger partial charge in [0.15, 0.2) is 0 Å². The average Bonchev–Trinajstić information content (AvgIpc) is 2.44. The first-order valence-electron chi connectivity index (χ1n) is 6.67. The van der Waals surface area contributed by atoms with Gasteiger partial charge in [-0.3, -0.25) is 9.59 Å². The second-order valence-electron chi connectivity index (χ2n) is 5.25. The molecule has 1 aromatic heterocycles. The number of aromatic nitrogens is 1. The number of aryl methyl sites for hydroxylation is 1. The van der Waals surface area contributed by atoms with Crippen LogP contribution in [0.5, 0.6) is 11.5 Å². The van der Waals surface area contributed by atoms with Crippen LogP contribution in [0.1, 0.15) is 29.2 Å². The van der Waals surface area contributed by atoms with E-state index in [2.05, 4.69) is 0 Å². The van der Waals surface area contributed by atoms with Crippen molar-refractivity contribution in [1.29, 1.82) is 0 Å². The first-order chi connectivity index (χ1) is 9.97. The van der Waals surface area contributed by atoms with Gasteiger partial charge in [-0.1, -0.05) is 12.1 Å². The van der Waals surface area contributed by atoms with E-state index in [1.54, 1.807) is 44.3 Å². The predicted octanol–water partition coefficient (Wildman–Crippen LogP) is 1.84. The fraction of sp³-hybridized carbons (Fsp3) is 0.250. The highest BCUT2D eigenvalue weighted by atomic mass is 16.5. The number of benzene rings is 1. The minimum absolute atomic E-state index is 0.0920. The van der Waals surface area contributed by atoms with Crippen LogP contribution in [0.3, 0.4) is 0 Å². The lowest BCUT2D eigenvalue weighted by atomic mass is 9.87. The van der Waals surface area contributed by atoms with Crippen molar-refractivity contribution in [1.82, 2.24) is 4.57 Å².